The quantitative estimate of drug-likeness (QED) is 0.786. The lowest BCUT2D eigenvalue weighted by atomic mass is 10.0. The molecule has 0 spiro atoms. The first-order valence-corrected chi connectivity index (χ1v) is 5.29. The van der Waals surface area contributed by atoms with Crippen LogP contribution in [-0.2, 0) is 5.54 Å². The van der Waals surface area contributed by atoms with E-state index in [9.17, 15) is 18.0 Å². The predicted octanol–water partition coefficient (Wildman–Crippen LogP) is 2.69. The number of pyridine rings is 2. The van der Waals surface area contributed by atoms with Gasteiger partial charge in [-0.05, 0) is 26.0 Å². The fourth-order valence-electron chi connectivity index (χ4n) is 1.67. The Morgan fingerprint density at radius 3 is 2.50 bits per heavy atom. The summed E-state index contributed by atoms with van der Waals surface area (Å²) in [7, 11) is 0. The van der Waals surface area contributed by atoms with Crippen LogP contribution in [0.4, 0.5) is 13.2 Å². The molecule has 6 heteroatoms. The Labute approximate surface area is 101 Å². The second-order valence-corrected chi connectivity index (χ2v) is 4.48. The number of fused-ring (bicyclic) bond motifs is 1. The predicted molar refractivity (Wildman–Crippen MR) is 61.4 cm³/mol. The molecular weight excluding hydrogens is 245 g/mol. The van der Waals surface area contributed by atoms with E-state index in [4.69, 9.17) is 0 Å². The maximum absolute atomic E-state index is 13.0. The molecular formula is C12H11F3N2O. The molecule has 2 aromatic rings. The van der Waals surface area contributed by atoms with E-state index >= 15 is 0 Å². The smallest absolute Gasteiger partial charge is 0.318 e. The largest absolute Gasteiger partial charge is 0.411 e. The van der Waals surface area contributed by atoms with Crippen LogP contribution in [0.2, 0.25) is 0 Å². The Morgan fingerprint density at radius 2 is 1.89 bits per heavy atom. The van der Waals surface area contributed by atoms with Gasteiger partial charge in [0.15, 0.2) is 5.43 Å². The number of rotatable bonds is 1. The molecule has 0 aliphatic heterocycles. The summed E-state index contributed by atoms with van der Waals surface area (Å²) in [6.45, 7) is 2.09. The maximum Gasteiger partial charge on any atom is 0.411 e. The highest BCUT2D eigenvalue weighted by Crippen LogP contribution is 2.37. The molecule has 18 heavy (non-hydrogen) atoms. The van der Waals surface area contributed by atoms with Gasteiger partial charge in [0.25, 0.3) is 0 Å². The first-order valence-electron chi connectivity index (χ1n) is 5.29. The van der Waals surface area contributed by atoms with Crippen LogP contribution in [0.3, 0.4) is 0 Å². The number of halogens is 3. The van der Waals surface area contributed by atoms with Crippen molar-refractivity contribution in [3.8, 4) is 0 Å². The van der Waals surface area contributed by atoms with E-state index < -0.39 is 11.7 Å². The molecule has 96 valence electrons. The van der Waals surface area contributed by atoms with Gasteiger partial charge in [0.2, 0.25) is 0 Å². The molecule has 2 heterocycles. The van der Waals surface area contributed by atoms with Gasteiger partial charge in [-0.15, -0.1) is 0 Å². The SMILES string of the molecule is CC(C)(n1ccc(=O)c2cccnc21)C(F)(F)F. The zero-order valence-corrected chi connectivity index (χ0v) is 9.82. The number of nitrogens with zero attached hydrogens (tertiary/aromatic N) is 2. The van der Waals surface area contributed by atoms with Crippen molar-refractivity contribution in [2.24, 2.45) is 0 Å². The van der Waals surface area contributed by atoms with Gasteiger partial charge in [0.05, 0.1) is 5.39 Å². The monoisotopic (exact) mass is 256 g/mol. The van der Waals surface area contributed by atoms with Crippen molar-refractivity contribution in [2.45, 2.75) is 25.6 Å². The second kappa shape index (κ2) is 3.83. The third-order valence-corrected chi connectivity index (χ3v) is 2.95. The Hall–Kier alpha value is -1.85. The maximum atomic E-state index is 13.0. The fourth-order valence-corrected chi connectivity index (χ4v) is 1.67. The van der Waals surface area contributed by atoms with E-state index in [1.54, 1.807) is 0 Å². The average Bonchev–Trinajstić information content (AvgIpc) is 2.28. The van der Waals surface area contributed by atoms with Gasteiger partial charge in [0, 0.05) is 18.5 Å². The summed E-state index contributed by atoms with van der Waals surface area (Å²) in [5, 5.41) is 0.178. The van der Waals surface area contributed by atoms with Gasteiger partial charge in [-0.1, -0.05) is 0 Å². The van der Waals surface area contributed by atoms with Crippen LogP contribution in [-0.4, -0.2) is 15.7 Å². The molecule has 0 aliphatic rings. The minimum Gasteiger partial charge on any atom is -0.318 e. The van der Waals surface area contributed by atoms with Crippen molar-refractivity contribution >= 4 is 11.0 Å². The molecule has 0 aromatic carbocycles. The minimum absolute atomic E-state index is 0.0346. The normalized spacial score (nSPS) is 12.9. The molecule has 0 N–H and O–H groups in total. The molecule has 0 atom stereocenters. The van der Waals surface area contributed by atoms with E-state index in [0.717, 1.165) is 30.7 Å². The Bertz CT molecular complexity index is 644. The molecule has 0 aliphatic carbocycles. The van der Waals surface area contributed by atoms with Gasteiger partial charge in [0.1, 0.15) is 11.2 Å². The lowest BCUT2D eigenvalue weighted by molar-refractivity contribution is -0.201. The average molecular weight is 256 g/mol. The molecule has 0 saturated heterocycles. The van der Waals surface area contributed by atoms with Gasteiger partial charge < -0.3 is 4.57 Å². The highest BCUT2D eigenvalue weighted by Gasteiger charge is 2.49. The summed E-state index contributed by atoms with van der Waals surface area (Å²) in [4.78, 5) is 15.5. The molecule has 0 saturated carbocycles. The lowest BCUT2D eigenvalue weighted by Crippen LogP contribution is -2.42. The van der Waals surface area contributed by atoms with E-state index in [0.29, 0.717) is 0 Å². The summed E-state index contributed by atoms with van der Waals surface area (Å²) < 4.78 is 40.0. The van der Waals surface area contributed by atoms with Crippen LogP contribution in [0.15, 0.2) is 35.4 Å². The summed E-state index contributed by atoms with van der Waals surface area (Å²) >= 11 is 0. The summed E-state index contributed by atoms with van der Waals surface area (Å²) in [5.41, 5.74) is -2.44. The van der Waals surface area contributed by atoms with Crippen molar-refractivity contribution in [1.82, 2.24) is 9.55 Å². The zero-order valence-electron chi connectivity index (χ0n) is 9.82. The highest BCUT2D eigenvalue weighted by molar-refractivity contribution is 5.74. The van der Waals surface area contributed by atoms with Crippen molar-refractivity contribution < 1.29 is 13.2 Å². The molecule has 3 nitrogen and oxygen atoms in total. The van der Waals surface area contributed by atoms with E-state index in [1.165, 1.54) is 18.3 Å². The molecule has 2 aromatic heterocycles. The van der Waals surface area contributed by atoms with E-state index in [2.05, 4.69) is 4.98 Å². The van der Waals surface area contributed by atoms with Gasteiger partial charge in [-0.3, -0.25) is 4.79 Å². The molecule has 0 bridgehead atoms. The lowest BCUT2D eigenvalue weighted by Gasteiger charge is -2.31. The van der Waals surface area contributed by atoms with Crippen LogP contribution >= 0.6 is 0 Å². The van der Waals surface area contributed by atoms with Crippen molar-refractivity contribution in [1.29, 1.82) is 0 Å². The highest BCUT2D eigenvalue weighted by atomic mass is 19.4. The second-order valence-electron chi connectivity index (χ2n) is 4.48. The summed E-state index contributed by atoms with van der Waals surface area (Å²) in [6.07, 6.45) is -1.94. The zero-order chi connectivity index (χ0) is 13.6. The molecule has 0 amide bonds. The van der Waals surface area contributed by atoms with Crippen molar-refractivity contribution in [3.63, 3.8) is 0 Å². The molecule has 0 unspecified atom stereocenters. The topological polar surface area (TPSA) is 34.9 Å². The number of alkyl halides is 3. The summed E-state index contributed by atoms with van der Waals surface area (Å²) in [6, 6.07) is 4.11. The molecule has 0 radical (unpaired) electrons. The van der Waals surface area contributed by atoms with Gasteiger partial charge in [-0.25, -0.2) is 4.98 Å². The first-order chi connectivity index (χ1) is 8.25. The van der Waals surface area contributed by atoms with Gasteiger partial charge >= 0.3 is 6.18 Å². The van der Waals surface area contributed by atoms with Crippen LogP contribution in [0.5, 0.6) is 0 Å². The fraction of sp³-hybridized carbons (Fsp3) is 0.333. The number of hydrogen-bond donors (Lipinski definition) is 0. The molecule has 0 fully saturated rings. The Balaban J connectivity index is 2.82. The molecule has 2 rings (SSSR count). The number of aromatic nitrogens is 2. The third-order valence-electron chi connectivity index (χ3n) is 2.95. The minimum atomic E-state index is -4.44. The summed E-state index contributed by atoms with van der Waals surface area (Å²) in [5.74, 6) is 0. The number of hydrogen-bond acceptors (Lipinski definition) is 2. The van der Waals surface area contributed by atoms with Crippen LogP contribution in [0, 0.1) is 0 Å². The van der Waals surface area contributed by atoms with E-state index in [1.807, 2.05) is 0 Å². The Morgan fingerprint density at radius 1 is 1.22 bits per heavy atom. The van der Waals surface area contributed by atoms with Crippen molar-refractivity contribution in [3.05, 3.63) is 40.8 Å². The Kier molecular flexibility index (Phi) is 2.68. The van der Waals surface area contributed by atoms with Crippen LogP contribution < -0.4 is 5.43 Å². The van der Waals surface area contributed by atoms with Crippen molar-refractivity contribution in [2.75, 3.05) is 0 Å². The van der Waals surface area contributed by atoms with Crippen LogP contribution in [0.25, 0.3) is 11.0 Å². The van der Waals surface area contributed by atoms with Crippen LogP contribution in [0.1, 0.15) is 13.8 Å². The van der Waals surface area contributed by atoms with E-state index in [-0.39, 0.29) is 16.5 Å². The third kappa shape index (κ3) is 1.77. The standard InChI is InChI=1S/C12H11F3N2O/c1-11(2,12(13,14)15)17-7-5-9(18)8-4-3-6-16-10(8)17/h3-7H,1-2H3. The first kappa shape index (κ1) is 12.6. The van der Waals surface area contributed by atoms with Gasteiger partial charge in [-0.2, -0.15) is 13.2 Å².